The summed E-state index contributed by atoms with van der Waals surface area (Å²) in [6.45, 7) is 2.90. The predicted molar refractivity (Wildman–Crippen MR) is 105 cm³/mol. The molecule has 2 aromatic rings. The molecule has 0 saturated heterocycles. The van der Waals surface area contributed by atoms with Crippen LogP contribution in [0.25, 0.3) is 0 Å². The van der Waals surface area contributed by atoms with E-state index in [0.717, 1.165) is 5.56 Å². The zero-order valence-electron chi connectivity index (χ0n) is 14.4. The maximum Gasteiger partial charge on any atom is 0.182 e. The normalized spacial score (nSPS) is 25.2. The molecular formula is C19H21Cl2NO3S. The lowest BCUT2D eigenvalue weighted by molar-refractivity contribution is 0.101. The molecule has 3 atom stereocenters. The molecule has 0 unspecified atom stereocenters. The average Bonchev–Trinajstić information content (AvgIpc) is 3.31. The van der Waals surface area contributed by atoms with Crippen molar-refractivity contribution in [1.82, 2.24) is 0 Å². The monoisotopic (exact) mass is 413 g/mol. The molecule has 2 aromatic carbocycles. The van der Waals surface area contributed by atoms with Crippen LogP contribution in [-0.4, -0.2) is 33.4 Å². The van der Waals surface area contributed by atoms with Gasteiger partial charge < -0.3 is 10.5 Å². The minimum absolute atomic E-state index is 0.220. The Kier molecular flexibility index (Phi) is 5.66. The third kappa shape index (κ3) is 3.39. The van der Waals surface area contributed by atoms with E-state index < -0.39 is 20.5 Å². The number of rotatable bonds is 7. The van der Waals surface area contributed by atoms with Gasteiger partial charge in [-0.2, -0.15) is 0 Å². The van der Waals surface area contributed by atoms with Crippen LogP contribution >= 0.6 is 23.2 Å². The van der Waals surface area contributed by atoms with Crippen LogP contribution in [0.1, 0.15) is 18.4 Å². The van der Waals surface area contributed by atoms with Crippen molar-refractivity contribution in [2.75, 3.05) is 19.8 Å². The second kappa shape index (κ2) is 7.49. The topological polar surface area (TPSA) is 69.4 Å². The number of ether oxygens (including phenoxy) is 1. The van der Waals surface area contributed by atoms with E-state index in [1.807, 2.05) is 19.1 Å². The molecule has 3 rings (SSSR count). The van der Waals surface area contributed by atoms with Crippen molar-refractivity contribution >= 4 is 33.0 Å². The van der Waals surface area contributed by atoms with Gasteiger partial charge in [0.05, 0.1) is 16.8 Å². The second-order valence-electron chi connectivity index (χ2n) is 6.52. The van der Waals surface area contributed by atoms with Crippen molar-refractivity contribution in [3.63, 3.8) is 0 Å². The molecule has 0 spiro atoms. The lowest BCUT2D eigenvalue weighted by atomic mass is 10.00. The van der Waals surface area contributed by atoms with E-state index in [1.165, 1.54) is 12.1 Å². The van der Waals surface area contributed by atoms with Crippen molar-refractivity contribution < 1.29 is 13.2 Å². The van der Waals surface area contributed by atoms with Gasteiger partial charge in [-0.1, -0.05) is 35.3 Å². The Hall–Kier alpha value is -1.11. The first kappa shape index (κ1) is 19.6. The highest BCUT2D eigenvalue weighted by Gasteiger charge is 2.70. The summed E-state index contributed by atoms with van der Waals surface area (Å²) in [5, 5.41) is 0.456. The molecule has 0 aromatic heterocycles. The van der Waals surface area contributed by atoms with Crippen molar-refractivity contribution in [1.29, 1.82) is 0 Å². The first-order chi connectivity index (χ1) is 12.4. The van der Waals surface area contributed by atoms with Crippen molar-refractivity contribution in [3.8, 4) is 0 Å². The van der Waals surface area contributed by atoms with E-state index in [0.29, 0.717) is 23.3 Å². The number of hydrogen-bond acceptors (Lipinski definition) is 4. The largest absolute Gasteiger partial charge is 0.381 e. The van der Waals surface area contributed by atoms with E-state index in [9.17, 15) is 8.42 Å². The van der Waals surface area contributed by atoms with E-state index in [4.69, 9.17) is 33.7 Å². The van der Waals surface area contributed by atoms with Crippen LogP contribution in [0.4, 0.5) is 0 Å². The summed E-state index contributed by atoms with van der Waals surface area (Å²) >= 11 is 11.9. The van der Waals surface area contributed by atoms with E-state index in [-0.39, 0.29) is 17.4 Å². The predicted octanol–water partition coefficient (Wildman–Crippen LogP) is 3.91. The van der Waals surface area contributed by atoms with Gasteiger partial charge in [0, 0.05) is 34.5 Å². The van der Waals surface area contributed by atoms with Gasteiger partial charge in [0.25, 0.3) is 0 Å². The lowest BCUT2D eigenvalue weighted by Gasteiger charge is -2.16. The van der Waals surface area contributed by atoms with Crippen LogP contribution in [-0.2, 0) is 14.6 Å². The second-order valence-corrected chi connectivity index (χ2v) is 9.47. The zero-order valence-corrected chi connectivity index (χ0v) is 16.7. The van der Waals surface area contributed by atoms with Gasteiger partial charge in [-0.25, -0.2) is 8.42 Å². The first-order valence-electron chi connectivity index (χ1n) is 8.39. The van der Waals surface area contributed by atoms with Crippen molar-refractivity contribution in [3.05, 3.63) is 64.1 Å². The van der Waals surface area contributed by atoms with Crippen LogP contribution in [0.3, 0.4) is 0 Å². The van der Waals surface area contributed by atoms with E-state index >= 15 is 0 Å². The number of hydrogen-bond donors (Lipinski definition) is 1. The van der Waals surface area contributed by atoms with Crippen molar-refractivity contribution in [2.24, 2.45) is 11.1 Å². The summed E-state index contributed by atoms with van der Waals surface area (Å²) in [6, 6.07) is 13.5. The maximum absolute atomic E-state index is 13.3. The number of halogens is 2. The molecule has 1 fully saturated rings. The summed E-state index contributed by atoms with van der Waals surface area (Å²) in [7, 11) is -3.59. The Morgan fingerprint density at radius 3 is 2.08 bits per heavy atom. The highest BCUT2D eigenvalue weighted by molar-refractivity contribution is 7.92. The van der Waals surface area contributed by atoms with Gasteiger partial charge in [-0.3, -0.25) is 0 Å². The molecule has 4 nitrogen and oxygen atoms in total. The van der Waals surface area contributed by atoms with Gasteiger partial charge in [-0.15, -0.1) is 0 Å². The highest BCUT2D eigenvalue weighted by Crippen LogP contribution is 2.63. The van der Waals surface area contributed by atoms with E-state index in [2.05, 4.69) is 0 Å². The minimum Gasteiger partial charge on any atom is -0.381 e. The summed E-state index contributed by atoms with van der Waals surface area (Å²) in [5.74, 6) is -0.239. The van der Waals surface area contributed by atoms with Gasteiger partial charge in [0.15, 0.2) is 9.84 Å². The fourth-order valence-corrected chi connectivity index (χ4v) is 6.35. The SMILES string of the molecule is CCOC[C@@]1(CN)[C@H](S(=O)(=O)c2ccc(Cl)cc2)[C@@H]1c1ccc(Cl)cc1. The Morgan fingerprint density at radius 2 is 1.58 bits per heavy atom. The highest BCUT2D eigenvalue weighted by atomic mass is 35.5. The van der Waals surface area contributed by atoms with Crippen molar-refractivity contribution in [2.45, 2.75) is 23.0 Å². The van der Waals surface area contributed by atoms with Gasteiger partial charge in [-0.05, 0) is 48.9 Å². The van der Waals surface area contributed by atoms with Crippen LogP contribution in [0, 0.1) is 5.41 Å². The summed E-state index contributed by atoms with van der Waals surface area (Å²) in [4.78, 5) is 0.248. The molecule has 26 heavy (non-hydrogen) atoms. The minimum atomic E-state index is -3.59. The smallest absolute Gasteiger partial charge is 0.182 e. The number of nitrogens with two attached hydrogens (primary N) is 1. The first-order valence-corrected chi connectivity index (χ1v) is 10.7. The summed E-state index contributed by atoms with van der Waals surface area (Å²) in [6.07, 6.45) is 0. The fourth-order valence-electron chi connectivity index (χ4n) is 3.66. The summed E-state index contributed by atoms with van der Waals surface area (Å²) < 4.78 is 32.2. The molecule has 0 heterocycles. The van der Waals surface area contributed by atoms with Crippen LogP contribution in [0.5, 0.6) is 0 Å². The molecule has 2 N–H and O–H groups in total. The molecule has 7 heteroatoms. The van der Waals surface area contributed by atoms with Crippen LogP contribution in [0.15, 0.2) is 53.4 Å². The third-order valence-electron chi connectivity index (χ3n) is 5.04. The molecule has 140 valence electrons. The Balaban J connectivity index is 2.03. The molecule has 0 aliphatic heterocycles. The number of sulfone groups is 1. The molecule has 0 radical (unpaired) electrons. The molecule has 0 amide bonds. The Bertz CT molecular complexity index is 869. The molecule has 1 aliphatic rings. The van der Waals surface area contributed by atoms with E-state index in [1.54, 1.807) is 24.3 Å². The van der Waals surface area contributed by atoms with Gasteiger partial charge in [0.1, 0.15) is 0 Å². The molecular weight excluding hydrogens is 393 g/mol. The Labute approximate surface area is 164 Å². The third-order valence-corrected chi connectivity index (χ3v) is 7.88. The molecule has 1 aliphatic carbocycles. The molecule has 0 bridgehead atoms. The zero-order chi connectivity index (χ0) is 18.9. The quantitative estimate of drug-likeness (QED) is 0.746. The average molecular weight is 414 g/mol. The maximum atomic E-state index is 13.3. The van der Waals surface area contributed by atoms with Gasteiger partial charge in [0.2, 0.25) is 0 Å². The lowest BCUT2D eigenvalue weighted by Crippen LogP contribution is -2.29. The fraction of sp³-hybridized carbons (Fsp3) is 0.368. The molecule has 1 saturated carbocycles. The van der Waals surface area contributed by atoms with Crippen LogP contribution < -0.4 is 5.73 Å². The van der Waals surface area contributed by atoms with Gasteiger partial charge >= 0.3 is 0 Å². The standard InChI is InChI=1S/C19H21Cl2NO3S/c1-2-25-12-19(11-22)17(13-3-5-14(20)6-4-13)18(19)26(23,24)16-9-7-15(21)8-10-16/h3-10,17-18H,2,11-12,22H2,1H3/t17-,18+,19+/m0/s1. The number of benzene rings is 2. The van der Waals surface area contributed by atoms with Crippen LogP contribution in [0.2, 0.25) is 10.0 Å². The Morgan fingerprint density at radius 1 is 1.04 bits per heavy atom. The summed E-state index contributed by atoms with van der Waals surface area (Å²) in [5.41, 5.74) is 6.32.